The molecule has 3 aromatic rings. The molecule has 0 unspecified atom stereocenters. The Bertz CT molecular complexity index is 915. The zero-order valence-electron chi connectivity index (χ0n) is 13.0. The molecule has 0 radical (unpaired) electrons. The number of aryl methyl sites for hydroxylation is 1. The number of nitrogens with one attached hydrogen (secondary N) is 1. The van der Waals surface area contributed by atoms with Gasteiger partial charge in [0.05, 0.1) is 17.3 Å². The maximum absolute atomic E-state index is 12.7. The van der Waals surface area contributed by atoms with Gasteiger partial charge in [-0.3, -0.25) is 9.89 Å². The number of nitrogens with zero attached hydrogens (tertiary/aromatic N) is 5. The van der Waals surface area contributed by atoms with Crippen molar-refractivity contribution in [2.75, 3.05) is 6.54 Å². The van der Waals surface area contributed by atoms with Crippen LogP contribution in [0.5, 0.6) is 0 Å². The Morgan fingerprint density at radius 2 is 2.08 bits per heavy atom. The molecule has 24 heavy (non-hydrogen) atoms. The number of aromatic nitrogens is 5. The van der Waals surface area contributed by atoms with Crippen molar-refractivity contribution in [1.82, 2.24) is 29.9 Å². The summed E-state index contributed by atoms with van der Waals surface area (Å²) in [6.45, 7) is 3.68. The molecule has 1 aromatic carbocycles. The monoisotopic (exact) mass is 342 g/mol. The highest BCUT2D eigenvalue weighted by Crippen LogP contribution is 2.26. The lowest BCUT2D eigenvalue weighted by atomic mass is 10.1. The number of rotatable bonds is 2. The average molecular weight is 343 g/mol. The first-order valence-corrected chi connectivity index (χ1v) is 7.99. The van der Waals surface area contributed by atoms with Gasteiger partial charge in [-0.25, -0.2) is 0 Å². The number of aromatic amines is 1. The van der Waals surface area contributed by atoms with Crippen LogP contribution in [0.2, 0.25) is 5.02 Å². The molecule has 8 heteroatoms. The summed E-state index contributed by atoms with van der Waals surface area (Å²) in [5.41, 5.74) is 1.89. The number of H-pyrrole nitrogens is 1. The van der Waals surface area contributed by atoms with Crippen LogP contribution in [-0.2, 0) is 13.1 Å². The minimum atomic E-state index is -0.104. The Kier molecular flexibility index (Phi) is 3.57. The van der Waals surface area contributed by atoms with Gasteiger partial charge in [-0.15, -0.1) is 10.2 Å². The molecule has 1 aliphatic rings. The maximum atomic E-state index is 12.7. The molecule has 1 amide bonds. The predicted octanol–water partition coefficient (Wildman–Crippen LogP) is 2.29. The van der Waals surface area contributed by atoms with Crippen LogP contribution in [0.3, 0.4) is 0 Å². The van der Waals surface area contributed by atoms with Crippen LogP contribution in [-0.4, -0.2) is 42.3 Å². The molecule has 7 nitrogen and oxygen atoms in total. The summed E-state index contributed by atoms with van der Waals surface area (Å²) in [6, 6.07) is 9.15. The highest BCUT2D eigenvalue weighted by atomic mass is 35.5. The number of halogens is 1. The second kappa shape index (κ2) is 5.76. The van der Waals surface area contributed by atoms with E-state index in [9.17, 15) is 4.79 Å². The first kappa shape index (κ1) is 14.9. The van der Waals surface area contributed by atoms with Gasteiger partial charge in [-0.2, -0.15) is 5.10 Å². The fraction of sp³-hybridized carbons (Fsp3) is 0.250. The fourth-order valence-corrected chi connectivity index (χ4v) is 3.12. The van der Waals surface area contributed by atoms with Crippen LogP contribution in [0.15, 0.2) is 30.3 Å². The molecule has 0 atom stereocenters. The Hall–Kier alpha value is -2.67. The van der Waals surface area contributed by atoms with Gasteiger partial charge in [0.15, 0.2) is 5.82 Å². The lowest BCUT2D eigenvalue weighted by Gasteiger charge is -2.27. The lowest BCUT2D eigenvalue weighted by molar-refractivity contribution is 0.0700. The van der Waals surface area contributed by atoms with E-state index in [1.807, 2.05) is 29.7 Å². The van der Waals surface area contributed by atoms with Crippen LogP contribution in [0.4, 0.5) is 0 Å². The van der Waals surface area contributed by atoms with Crippen LogP contribution < -0.4 is 0 Å². The van der Waals surface area contributed by atoms with Crippen molar-refractivity contribution in [3.63, 3.8) is 0 Å². The summed E-state index contributed by atoms with van der Waals surface area (Å²) >= 11 is 6.19. The first-order chi connectivity index (χ1) is 11.6. The smallest absolute Gasteiger partial charge is 0.272 e. The molecule has 0 bridgehead atoms. The van der Waals surface area contributed by atoms with Crippen LogP contribution >= 0.6 is 11.6 Å². The molecule has 1 aliphatic heterocycles. The number of hydrogen-bond donors (Lipinski definition) is 1. The van der Waals surface area contributed by atoms with Gasteiger partial charge in [0.25, 0.3) is 5.91 Å². The van der Waals surface area contributed by atoms with E-state index in [-0.39, 0.29) is 5.91 Å². The Morgan fingerprint density at radius 3 is 2.92 bits per heavy atom. The quantitative estimate of drug-likeness (QED) is 0.775. The van der Waals surface area contributed by atoms with Crippen molar-refractivity contribution < 1.29 is 4.79 Å². The number of hydrogen-bond acceptors (Lipinski definition) is 4. The summed E-state index contributed by atoms with van der Waals surface area (Å²) in [6.07, 6.45) is 0. The molecular weight excluding hydrogens is 328 g/mol. The van der Waals surface area contributed by atoms with E-state index < -0.39 is 0 Å². The summed E-state index contributed by atoms with van der Waals surface area (Å²) in [5.74, 6) is 1.57. The van der Waals surface area contributed by atoms with Gasteiger partial charge in [-0.05, 0) is 19.1 Å². The highest BCUT2D eigenvalue weighted by molar-refractivity contribution is 6.33. The Labute approximate surface area is 143 Å². The number of carbonyl (C=O) groups is 1. The van der Waals surface area contributed by atoms with Gasteiger partial charge in [-0.1, -0.05) is 29.8 Å². The zero-order valence-corrected chi connectivity index (χ0v) is 13.8. The normalized spacial score (nSPS) is 13.8. The van der Waals surface area contributed by atoms with E-state index in [4.69, 9.17) is 11.6 Å². The van der Waals surface area contributed by atoms with Crippen LogP contribution in [0.1, 0.15) is 22.1 Å². The minimum absolute atomic E-state index is 0.104. The maximum Gasteiger partial charge on any atom is 0.272 e. The molecule has 122 valence electrons. The van der Waals surface area contributed by atoms with Crippen LogP contribution in [0, 0.1) is 6.92 Å². The molecule has 0 spiro atoms. The number of carbonyl (C=O) groups excluding carboxylic acids is 1. The zero-order chi connectivity index (χ0) is 16.7. The van der Waals surface area contributed by atoms with Gasteiger partial charge in [0.1, 0.15) is 11.5 Å². The summed E-state index contributed by atoms with van der Waals surface area (Å²) < 4.78 is 2.03. The molecular formula is C16H15ClN6O. The molecule has 4 rings (SSSR count). The Morgan fingerprint density at radius 1 is 1.25 bits per heavy atom. The van der Waals surface area contributed by atoms with Gasteiger partial charge < -0.3 is 9.47 Å². The van der Waals surface area contributed by atoms with Crippen molar-refractivity contribution in [3.05, 3.63) is 52.7 Å². The van der Waals surface area contributed by atoms with Gasteiger partial charge in [0.2, 0.25) is 0 Å². The molecule has 0 fully saturated rings. The Balaban J connectivity index is 1.57. The molecule has 2 aromatic heterocycles. The highest BCUT2D eigenvalue weighted by Gasteiger charge is 2.25. The second-order valence-corrected chi connectivity index (χ2v) is 6.10. The van der Waals surface area contributed by atoms with Crippen molar-refractivity contribution >= 4 is 17.5 Å². The topological polar surface area (TPSA) is 79.7 Å². The summed E-state index contributed by atoms with van der Waals surface area (Å²) in [4.78, 5) is 14.5. The van der Waals surface area contributed by atoms with E-state index in [0.29, 0.717) is 36.0 Å². The van der Waals surface area contributed by atoms with E-state index in [1.54, 1.807) is 17.0 Å². The number of fused-ring (bicyclic) bond motifs is 1. The SMILES string of the molecule is Cc1nnc2n1CCN(C(=O)c1cc(-c3ccccc3Cl)n[nH]1)C2. The molecule has 1 N–H and O–H groups in total. The van der Waals surface area contributed by atoms with Crippen LogP contribution in [0.25, 0.3) is 11.3 Å². The summed E-state index contributed by atoms with van der Waals surface area (Å²) in [7, 11) is 0. The third-order valence-electron chi connectivity index (χ3n) is 4.18. The molecule has 3 heterocycles. The van der Waals surface area contributed by atoms with Gasteiger partial charge >= 0.3 is 0 Å². The predicted molar refractivity (Wildman–Crippen MR) is 88.5 cm³/mol. The largest absolute Gasteiger partial charge is 0.328 e. The van der Waals surface area contributed by atoms with E-state index in [1.165, 1.54) is 0 Å². The van der Waals surface area contributed by atoms with E-state index in [0.717, 1.165) is 17.2 Å². The molecule has 0 aliphatic carbocycles. The standard InChI is InChI=1S/C16H15ClN6O/c1-10-18-21-15-9-22(6-7-23(10)15)16(24)14-8-13(19-20-14)11-4-2-3-5-12(11)17/h2-5,8H,6-7,9H2,1H3,(H,19,20). The number of benzene rings is 1. The van der Waals surface area contributed by atoms with Crippen molar-refractivity contribution in [2.45, 2.75) is 20.0 Å². The summed E-state index contributed by atoms with van der Waals surface area (Å²) in [5, 5.41) is 15.8. The van der Waals surface area contributed by atoms with E-state index >= 15 is 0 Å². The van der Waals surface area contributed by atoms with Gasteiger partial charge in [0, 0.05) is 18.7 Å². The minimum Gasteiger partial charge on any atom is -0.328 e. The average Bonchev–Trinajstić information content (AvgIpc) is 3.22. The van der Waals surface area contributed by atoms with Crippen molar-refractivity contribution in [3.8, 4) is 11.3 Å². The van der Waals surface area contributed by atoms with Crippen molar-refractivity contribution in [2.24, 2.45) is 0 Å². The van der Waals surface area contributed by atoms with Crippen molar-refractivity contribution in [1.29, 1.82) is 0 Å². The third-order valence-corrected chi connectivity index (χ3v) is 4.51. The second-order valence-electron chi connectivity index (χ2n) is 5.69. The van der Waals surface area contributed by atoms with E-state index in [2.05, 4.69) is 20.4 Å². The first-order valence-electron chi connectivity index (χ1n) is 7.62. The molecule has 0 saturated carbocycles. The fourth-order valence-electron chi connectivity index (χ4n) is 2.89. The number of amides is 1. The third kappa shape index (κ3) is 2.46. The lowest BCUT2D eigenvalue weighted by Crippen LogP contribution is -2.38. The molecule has 0 saturated heterocycles.